The summed E-state index contributed by atoms with van der Waals surface area (Å²) in [6.45, 7) is 6.41. The van der Waals surface area contributed by atoms with E-state index in [2.05, 4.69) is 10.9 Å². The highest BCUT2D eigenvalue weighted by Gasteiger charge is 2.30. The van der Waals surface area contributed by atoms with Gasteiger partial charge >= 0.3 is 0 Å². The maximum atomic E-state index is 12.9. The van der Waals surface area contributed by atoms with Crippen LogP contribution in [-0.4, -0.2) is 37.1 Å². The van der Waals surface area contributed by atoms with E-state index < -0.39 is 15.9 Å². The van der Waals surface area contributed by atoms with Gasteiger partial charge in [0.1, 0.15) is 0 Å². The Morgan fingerprint density at radius 3 is 2.40 bits per heavy atom. The molecule has 1 saturated heterocycles. The van der Waals surface area contributed by atoms with E-state index in [1.54, 1.807) is 6.07 Å². The number of sulfonamides is 1. The minimum Gasteiger partial charge on any atom is -0.267 e. The molecule has 1 fully saturated rings. The fourth-order valence-corrected chi connectivity index (χ4v) is 6.28. The predicted octanol–water partition coefficient (Wildman–Crippen LogP) is 3.26. The summed E-state index contributed by atoms with van der Waals surface area (Å²) in [6, 6.07) is 7.54. The lowest BCUT2D eigenvalue weighted by Gasteiger charge is -2.32. The van der Waals surface area contributed by atoms with Gasteiger partial charge in [0, 0.05) is 23.0 Å². The van der Waals surface area contributed by atoms with Crippen molar-refractivity contribution in [1.29, 1.82) is 0 Å². The van der Waals surface area contributed by atoms with Crippen molar-refractivity contribution in [1.82, 2.24) is 15.2 Å². The minimum atomic E-state index is -3.59. The fraction of sp³-hybridized carbons (Fsp3) is 0.429. The third-order valence-corrected chi connectivity index (χ3v) is 8.73. The number of aryl methyl sites for hydroxylation is 2. The number of nitrogens with one attached hydrogen (secondary N) is 2. The van der Waals surface area contributed by atoms with E-state index in [0.717, 1.165) is 36.1 Å². The number of hydrogen-bond acceptors (Lipinski definition) is 5. The van der Waals surface area contributed by atoms with E-state index in [-0.39, 0.29) is 22.4 Å². The molecule has 9 heteroatoms. The highest BCUT2D eigenvalue weighted by Crippen LogP contribution is 2.25. The molecular weight excluding hydrogens is 422 g/mol. The number of carbonyl (C=O) groups is 2. The number of amides is 2. The van der Waals surface area contributed by atoms with Crippen LogP contribution in [0.15, 0.2) is 35.2 Å². The second-order valence-corrected chi connectivity index (χ2v) is 10.5. The zero-order chi connectivity index (χ0) is 21.9. The van der Waals surface area contributed by atoms with Crippen LogP contribution in [0.3, 0.4) is 0 Å². The average molecular weight is 450 g/mol. The summed E-state index contributed by atoms with van der Waals surface area (Å²) in [7, 11) is -3.59. The van der Waals surface area contributed by atoms with Crippen LogP contribution in [0.5, 0.6) is 0 Å². The summed E-state index contributed by atoms with van der Waals surface area (Å²) in [5.74, 6) is -0.892. The van der Waals surface area contributed by atoms with Crippen LogP contribution < -0.4 is 10.9 Å². The van der Waals surface area contributed by atoms with Crippen LogP contribution in [0.2, 0.25) is 0 Å². The van der Waals surface area contributed by atoms with Crippen LogP contribution >= 0.6 is 11.3 Å². The van der Waals surface area contributed by atoms with Gasteiger partial charge in [-0.25, -0.2) is 8.42 Å². The van der Waals surface area contributed by atoms with Crippen LogP contribution in [0, 0.1) is 6.92 Å². The maximum absolute atomic E-state index is 12.9. The van der Waals surface area contributed by atoms with E-state index in [9.17, 15) is 18.0 Å². The van der Waals surface area contributed by atoms with Gasteiger partial charge in [-0.1, -0.05) is 13.3 Å². The Balaban J connectivity index is 1.64. The van der Waals surface area contributed by atoms with Gasteiger partial charge in [0.2, 0.25) is 10.0 Å². The summed E-state index contributed by atoms with van der Waals surface area (Å²) < 4.78 is 27.3. The van der Waals surface area contributed by atoms with Gasteiger partial charge in [-0.2, -0.15) is 4.31 Å². The monoisotopic (exact) mass is 449 g/mol. The van der Waals surface area contributed by atoms with Crippen molar-refractivity contribution in [2.45, 2.75) is 57.4 Å². The lowest BCUT2D eigenvalue weighted by atomic mass is 10.1. The number of piperidine rings is 1. The lowest BCUT2D eigenvalue weighted by Crippen LogP contribution is -2.42. The molecule has 3 rings (SSSR count). The highest BCUT2D eigenvalue weighted by molar-refractivity contribution is 7.89. The van der Waals surface area contributed by atoms with E-state index in [0.29, 0.717) is 11.4 Å². The Kier molecular flexibility index (Phi) is 6.95. The molecule has 2 heterocycles. The smallest absolute Gasteiger partial charge is 0.267 e. The van der Waals surface area contributed by atoms with Gasteiger partial charge in [0.05, 0.1) is 9.77 Å². The minimum absolute atomic E-state index is 0.0314. The largest absolute Gasteiger partial charge is 0.279 e. The molecule has 0 radical (unpaired) electrons. The molecule has 162 valence electrons. The number of carbonyl (C=O) groups excluding carboxylic acids is 2. The van der Waals surface area contributed by atoms with E-state index in [1.807, 2.05) is 20.8 Å². The lowest BCUT2D eigenvalue weighted by molar-refractivity contribution is 0.0849. The molecule has 1 aliphatic rings. The summed E-state index contributed by atoms with van der Waals surface area (Å²) >= 11 is 1.40. The molecule has 2 amide bonds. The number of hydrazine groups is 1. The molecule has 0 spiro atoms. The molecule has 1 aromatic carbocycles. The zero-order valence-electron chi connectivity index (χ0n) is 17.4. The van der Waals surface area contributed by atoms with Gasteiger partial charge in [-0.3, -0.25) is 20.4 Å². The first kappa shape index (κ1) is 22.5. The summed E-state index contributed by atoms with van der Waals surface area (Å²) in [6.07, 6.45) is 3.58. The van der Waals surface area contributed by atoms with E-state index >= 15 is 0 Å². The summed E-state index contributed by atoms with van der Waals surface area (Å²) in [5, 5.41) is 0. The Morgan fingerprint density at radius 1 is 1.13 bits per heavy atom. The normalized spacial score (nSPS) is 17.5. The predicted molar refractivity (Wildman–Crippen MR) is 117 cm³/mol. The molecule has 2 N–H and O–H groups in total. The second kappa shape index (κ2) is 9.28. The second-order valence-electron chi connectivity index (χ2n) is 7.46. The number of benzene rings is 1. The van der Waals surface area contributed by atoms with Crippen LogP contribution in [0.4, 0.5) is 0 Å². The van der Waals surface area contributed by atoms with Gasteiger partial charge in [0.25, 0.3) is 11.8 Å². The molecule has 0 saturated carbocycles. The van der Waals surface area contributed by atoms with Crippen LogP contribution in [0.1, 0.15) is 63.6 Å². The molecule has 0 bridgehead atoms. The van der Waals surface area contributed by atoms with E-state index in [1.165, 1.54) is 39.9 Å². The van der Waals surface area contributed by atoms with Crippen LogP contribution in [0.25, 0.3) is 0 Å². The van der Waals surface area contributed by atoms with Crippen molar-refractivity contribution in [3.63, 3.8) is 0 Å². The first-order valence-electron chi connectivity index (χ1n) is 10.1. The zero-order valence-corrected chi connectivity index (χ0v) is 19.0. The highest BCUT2D eigenvalue weighted by atomic mass is 32.2. The standard InChI is InChI=1S/C21H27N3O4S2/c1-4-18-14(2)13-19(29-18)21(26)23-22-20(25)16-8-10-17(11-9-16)30(27,28)24-12-6-5-7-15(24)3/h8-11,13,15H,4-7,12H2,1-3H3,(H,22,25)(H,23,26). The quantitative estimate of drug-likeness (QED) is 0.685. The number of thiophene rings is 1. The third kappa shape index (κ3) is 4.74. The Hall–Kier alpha value is -2.23. The molecule has 30 heavy (non-hydrogen) atoms. The number of nitrogens with zero attached hydrogens (tertiary/aromatic N) is 1. The molecular formula is C21H27N3O4S2. The Bertz CT molecular complexity index is 1030. The summed E-state index contributed by atoms with van der Waals surface area (Å²) in [5.41, 5.74) is 6.11. The first-order chi connectivity index (χ1) is 14.2. The Morgan fingerprint density at radius 2 is 1.80 bits per heavy atom. The Labute approximate surface area is 181 Å². The molecule has 7 nitrogen and oxygen atoms in total. The van der Waals surface area contributed by atoms with Crippen molar-refractivity contribution < 1.29 is 18.0 Å². The van der Waals surface area contributed by atoms with E-state index in [4.69, 9.17) is 0 Å². The third-order valence-electron chi connectivity index (χ3n) is 5.32. The van der Waals surface area contributed by atoms with Crippen molar-refractivity contribution in [3.05, 3.63) is 51.2 Å². The summed E-state index contributed by atoms with van der Waals surface area (Å²) in [4.78, 5) is 26.4. The molecule has 2 aromatic rings. The van der Waals surface area contributed by atoms with Crippen molar-refractivity contribution in [3.8, 4) is 0 Å². The van der Waals surface area contributed by atoms with Crippen molar-refractivity contribution in [2.75, 3.05) is 6.54 Å². The average Bonchev–Trinajstić information content (AvgIpc) is 3.12. The van der Waals surface area contributed by atoms with Crippen molar-refractivity contribution >= 4 is 33.2 Å². The molecule has 0 aliphatic carbocycles. The van der Waals surface area contributed by atoms with Crippen LogP contribution in [-0.2, 0) is 16.4 Å². The molecule has 1 atom stereocenters. The number of hydrogen-bond donors (Lipinski definition) is 2. The molecule has 1 unspecified atom stereocenters. The SMILES string of the molecule is CCc1sc(C(=O)NNC(=O)c2ccc(S(=O)(=O)N3CCCCC3C)cc2)cc1C. The van der Waals surface area contributed by atoms with Gasteiger partial charge in [-0.15, -0.1) is 11.3 Å². The van der Waals surface area contributed by atoms with Gasteiger partial charge in [-0.05, 0) is 69.0 Å². The number of rotatable bonds is 5. The maximum Gasteiger partial charge on any atom is 0.279 e. The topological polar surface area (TPSA) is 95.6 Å². The van der Waals surface area contributed by atoms with Gasteiger partial charge < -0.3 is 0 Å². The van der Waals surface area contributed by atoms with Crippen molar-refractivity contribution in [2.24, 2.45) is 0 Å². The molecule has 1 aromatic heterocycles. The fourth-order valence-electron chi connectivity index (χ4n) is 3.57. The first-order valence-corrected chi connectivity index (χ1v) is 12.3. The molecule has 1 aliphatic heterocycles. The van der Waals surface area contributed by atoms with Gasteiger partial charge in [0.15, 0.2) is 0 Å².